The van der Waals surface area contributed by atoms with Gasteiger partial charge in [0.05, 0.1) is 37.3 Å². The molecule has 2 aromatic heterocycles. The minimum Gasteiger partial charge on any atom is -0.489 e. The van der Waals surface area contributed by atoms with Crippen LogP contribution >= 0.6 is 11.3 Å². The van der Waals surface area contributed by atoms with Crippen molar-refractivity contribution >= 4 is 57.4 Å². The second kappa shape index (κ2) is 17.5. The normalized spacial score (nSPS) is 20.1. The smallest absolute Gasteiger partial charge is 0.272 e. The van der Waals surface area contributed by atoms with Gasteiger partial charge in [0, 0.05) is 60.7 Å². The molecule has 5 amide bonds. The van der Waals surface area contributed by atoms with Gasteiger partial charge in [0.15, 0.2) is 11.2 Å². The van der Waals surface area contributed by atoms with E-state index >= 15 is 4.39 Å². The van der Waals surface area contributed by atoms with Crippen LogP contribution in [0.2, 0.25) is 0 Å². The van der Waals surface area contributed by atoms with Gasteiger partial charge in [-0.25, -0.2) is 19.4 Å². The summed E-state index contributed by atoms with van der Waals surface area (Å²) in [4.78, 5) is 83.5. The zero-order valence-corrected chi connectivity index (χ0v) is 35.8. The molecule has 15 nitrogen and oxygen atoms in total. The van der Waals surface area contributed by atoms with E-state index in [2.05, 4.69) is 42.6 Å². The van der Waals surface area contributed by atoms with Crippen molar-refractivity contribution in [3.05, 3.63) is 112 Å². The fraction of sp³-hybridized carbons (Fsp3) is 0.362. The number of amides is 5. The number of rotatable bonds is 11. The Labute approximate surface area is 372 Å². The molecule has 2 unspecified atom stereocenters. The van der Waals surface area contributed by atoms with E-state index < -0.39 is 29.6 Å². The SMILES string of the molecule is O=C1CCC(=Nc2ccc(C3CCN(CC(=O)N4CCC(Oc5ccc(-c6cc(F)c7c(c6)C(=O)N(C(C(=O)Nc6nccs6)c6ncn8c6CCC8)C7)cc5)C4)CC3)cc2)C(=O)N1. The third kappa shape index (κ3) is 8.44. The Morgan fingerprint density at radius 1 is 0.938 bits per heavy atom. The predicted octanol–water partition coefficient (Wildman–Crippen LogP) is 5.80. The number of aryl methyl sites for hydroxylation is 1. The highest BCUT2D eigenvalue weighted by Gasteiger charge is 2.42. The summed E-state index contributed by atoms with van der Waals surface area (Å²) in [5.74, 6) is -1.03. The number of thiazole rings is 1. The topological polar surface area (TPSA) is 171 Å². The minimum atomic E-state index is -1.06. The summed E-state index contributed by atoms with van der Waals surface area (Å²) >= 11 is 1.27. The Kier molecular flexibility index (Phi) is 11.3. The van der Waals surface area contributed by atoms with Crippen LogP contribution in [0.25, 0.3) is 11.1 Å². The van der Waals surface area contributed by atoms with E-state index in [1.807, 2.05) is 45.9 Å². The van der Waals surface area contributed by atoms with Crippen LogP contribution in [-0.4, -0.2) is 103 Å². The van der Waals surface area contributed by atoms with Gasteiger partial charge in [-0.2, -0.15) is 0 Å². The van der Waals surface area contributed by atoms with Crippen molar-refractivity contribution in [3.63, 3.8) is 0 Å². The second-order valence-corrected chi connectivity index (χ2v) is 17.9. The van der Waals surface area contributed by atoms with Crippen LogP contribution < -0.4 is 15.4 Å². The van der Waals surface area contributed by atoms with Crippen LogP contribution in [0.5, 0.6) is 5.75 Å². The quantitative estimate of drug-likeness (QED) is 0.156. The molecular formula is C47H46FN9O6S. The lowest BCUT2D eigenvalue weighted by Crippen LogP contribution is -2.42. The average Bonchev–Trinajstić information content (AvgIpc) is 4.16. The molecule has 7 heterocycles. The first-order valence-corrected chi connectivity index (χ1v) is 22.7. The number of carbonyl (C=O) groups is 5. The third-order valence-electron chi connectivity index (χ3n) is 13.0. The Morgan fingerprint density at radius 3 is 2.52 bits per heavy atom. The minimum absolute atomic E-state index is 0.0708. The van der Waals surface area contributed by atoms with Crippen LogP contribution in [0.15, 0.2) is 83.6 Å². The summed E-state index contributed by atoms with van der Waals surface area (Å²) in [6, 6.07) is 17.3. The molecule has 0 spiro atoms. The van der Waals surface area contributed by atoms with Crippen molar-refractivity contribution in [3.8, 4) is 16.9 Å². The number of nitrogens with one attached hydrogen (secondary N) is 2. The van der Waals surface area contributed by atoms with Gasteiger partial charge >= 0.3 is 0 Å². The summed E-state index contributed by atoms with van der Waals surface area (Å²) in [7, 11) is 0. The molecule has 3 fully saturated rings. The van der Waals surface area contributed by atoms with E-state index in [0.717, 1.165) is 51.0 Å². The molecule has 64 heavy (non-hydrogen) atoms. The number of imide groups is 1. The predicted molar refractivity (Wildman–Crippen MR) is 236 cm³/mol. The van der Waals surface area contributed by atoms with Gasteiger partial charge in [-0.3, -0.25) is 39.5 Å². The molecule has 0 saturated carbocycles. The highest BCUT2D eigenvalue weighted by atomic mass is 32.1. The summed E-state index contributed by atoms with van der Waals surface area (Å²) in [5, 5.41) is 7.30. The number of benzene rings is 3. The van der Waals surface area contributed by atoms with Crippen LogP contribution in [0, 0.1) is 5.82 Å². The number of aliphatic imine (C=N–C) groups is 1. The molecule has 3 aromatic carbocycles. The van der Waals surface area contributed by atoms with Gasteiger partial charge in [0.2, 0.25) is 11.8 Å². The van der Waals surface area contributed by atoms with Crippen molar-refractivity contribution in [1.29, 1.82) is 0 Å². The zero-order chi connectivity index (χ0) is 43.9. The van der Waals surface area contributed by atoms with E-state index in [1.165, 1.54) is 27.9 Å². The second-order valence-electron chi connectivity index (χ2n) is 17.0. The summed E-state index contributed by atoms with van der Waals surface area (Å²) in [5.41, 5.74) is 5.35. The van der Waals surface area contributed by atoms with Gasteiger partial charge < -0.3 is 19.1 Å². The van der Waals surface area contributed by atoms with E-state index in [4.69, 9.17) is 4.74 Å². The fourth-order valence-corrected chi connectivity index (χ4v) is 10.1. The molecule has 10 rings (SSSR count). The van der Waals surface area contributed by atoms with Gasteiger partial charge in [0.1, 0.15) is 23.4 Å². The number of imidazole rings is 1. The van der Waals surface area contributed by atoms with Gasteiger partial charge in [-0.1, -0.05) is 24.3 Å². The lowest BCUT2D eigenvalue weighted by atomic mass is 9.89. The molecule has 5 aromatic rings. The third-order valence-corrected chi connectivity index (χ3v) is 13.6. The number of piperidine rings is 2. The van der Waals surface area contributed by atoms with E-state index in [-0.39, 0.29) is 42.0 Å². The number of anilines is 1. The van der Waals surface area contributed by atoms with Crippen molar-refractivity contribution < 1.29 is 33.1 Å². The number of likely N-dealkylation sites (tertiary alicyclic amines) is 2. The lowest BCUT2D eigenvalue weighted by molar-refractivity contribution is -0.132. The Balaban J connectivity index is 0.725. The van der Waals surface area contributed by atoms with Crippen molar-refractivity contribution in [1.82, 2.24) is 34.6 Å². The first-order valence-electron chi connectivity index (χ1n) is 21.8. The average molecular weight is 884 g/mol. The number of ether oxygens (including phenoxy) is 1. The van der Waals surface area contributed by atoms with E-state index in [1.54, 1.807) is 24.0 Å². The maximum atomic E-state index is 15.9. The molecule has 3 saturated heterocycles. The number of carbonyl (C=O) groups excluding carboxylic acids is 5. The van der Waals surface area contributed by atoms with E-state index in [0.29, 0.717) is 77.5 Å². The zero-order valence-electron chi connectivity index (χ0n) is 35.0. The van der Waals surface area contributed by atoms with Crippen LogP contribution in [0.1, 0.15) is 83.4 Å². The summed E-state index contributed by atoms with van der Waals surface area (Å²) in [6.45, 7) is 3.81. The molecule has 2 N–H and O–H groups in total. The maximum Gasteiger partial charge on any atom is 0.272 e. The van der Waals surface area contributed by atoms with Crippen LogP contribution in [-0.2, 0) is 38.7 Å². The number of aromatic nitrogens is 3. The number of hydrogen-bond acceptors (Lipinski definition) is 11. The maximum absolute atomic E-state index is 15.9. The van der Waals surface area contributed by atoms with Crippen molar-refractivity contribution in [2.45, 2.75) is 76.1 Å². The van der Waals surface area contributed by atoms with E-state index in [9.17, 15) is 24.0 Å². The molecule has 0 aliphatic carbocycles. The lowest BCUT2D eigenvalue weighted by Gasteiger charge is -2.32. The molecule has 0 radical (unpaired) electrons. The Morgan fingerprint density at radius 2 is 1.75 bits per heavy atom. The van der Waals surface area contributed by atoms with Gasteiger partial charge in [0.25, 0.3) is 17.7 Å². The van der Waals surface area contributed by atoms with Crippen molar-refractivity contribution in [2.24, 2.45) is 4.99 Å². The Bertz CT molecular complexity index is 2660. The first kappa shape index (κ1) is 41.4. The standard InChI is InChI=1S/C47H46FN9O6S/c48-37-23-31(22-35-36(37)25-57(46(35)62)43(45(61)53-47-49-16-21-64-47)42-39-2-1-17-56(39)27-50-42)29-5-9-33(10-6-29)63-34-15-20-55(24-34)41(59)26-54-18-13-30(14-19-54)28-3-7-32(8-4-28)51-38-11-12-40(58)52-44(38)60/h3-10,16,21-23,27,30,34,43H,1-2,11-15,17-20,24-26H2,(H,49,53,61)(H,52,58,60). The van der Waals surface area contributed by atoms with Crippen LogP contribution in [0.4, 0.5) is 15.2 Å². The molecule has 5 aliphatic heterocycles. The number of halogens is 1. The molecule has 2 atom stereocenters. The summed E-state index contributed by atoms with van der Waals surface area (Å²) in [6.07, 6.45) is 7.94. The molecular weight excluding hydrogens is 838 g/mol. The van der Waals surface area contributed by atoms with Crippen molar-refractivity contribution in [2.75, 3.05) is 38.0 Å². The highest BCUT2D eigenvalue weighted by Crippen LogP contribution is 2.38. The monoisotopic (exact) mass is 883 g/mol. The number of fused-ring (bicyclic) bond motifs is 2. The number of hydrogen-bond donors (Lipinski definition) is 2. The van der Waals surface area contributed by atoms with Crippen LogP contribution in [0.3, 0.4) is 0 Å². The highest BCUT2D eigenvalue weighted by molar-refractivity contribution is 7.13. The first-order chi connectivity index (χ1) is 31.1. The fourth-order valence-electron chi connectivity index (χ4n) is 9.54. The Hall–Kier alpha value is -6.59. The molecule has 5 aliphatic rings. The largest absolute Gasteiger partial charge is 0.489 e. The molecule has 328 valence electrons. The molecule has 17 heteroatoms. The number of nitrogens with zero attached hydrogens (tertiary/aromatic N) is 7. The molecule has 0 bridgehead atoms. The van der Waals surface area contributed by atoms with Gasteiger partial charge in [-0.05, 0) is 97.8 Å². The summed E-state index contributed by atoms with van der Waals surface area (Å²) < 4.78 is 24.2. The van der Waals surface area contributed by atoms with Gasteiger partial charge in [-0.15, -0.1) is 11.3 Å².